The SMILES string of the molecule is CCCCOc1cc(C2=NOC3(CCOC3)C2)ccc1OC(F)F. The van der Waals surface area contributed by atoms with Crippen LogP contribution in [0.2, 0.25) is 0 Å². The van der Waals surface area contributed by atoms with Crippen LogP contribution in [-0.2, 0) is 9.57 Å². The normalized spacial score (nSPS) is 22.8. The number of halogens is 2. The molecule has 1 saturated heterocycles. The Morgan fingerprint density at radius 3 is 2.92 bits per heavy atom. The van der Waals surface area contributed by atoms with Gasteiger partial charge in [0.1, 0.15) is 0 Å². The van der Waals surface area contributed by atoms with E-state index in [1.54, 1.807) is 12.1 Å². The van der Waals surface area contributed by atoms with Crippen molar-refractivity contribution in [1.82, 2.24) is 0 Å². The Kier molecular flexibility index (Phi) is 5.18. The number of hydrogen-bond acceptors (Lipinski definition) is 5. The third-order valence-electron chi connectivity index (χ3n) is 4.15. The lowest BCUT2D eigenvalue weighted by molar-refractivity contribution is -0.0515. The highest BCUT2D eigenvalue weighted by atomic mass is 19.3. The predicted molar refractivity (Wildman–Crippen MR) is 83.9 cm³/mol. The first-order valence-corrected chi connectivity index (χ1v) is 8.17. The van der Waals surface area contributed by atoms with Crippen molar-refractivity contribution in [2.45, 2.75) is 44.8 Å². The molecule has 5 nitrogen and oxygen atoms in total. The zero-order valence-electron chi connectivity index (χ0n) is 13.6. The van der Waals surface area contributed by atoms with Crippen LogP contribution in [0.1, 0.15) is 38.2 Å². The molecule has 3 rings (SSSR count). The first-order valence-electron chi connectivity index (χ1n) is 8.17. The molecular weight excluding hydrogens is 320 g/mol. The van der Waals surface area contributed by atoms with Crippen LogP contribution in [0.15, 0.2) is 23.4 Å². The number of oxime groups is 1. The van der Waals surface area contributed by atoms with Crippen molar-refractivity contribution in [3.63, 3.8) is 0 Å². The summed E-state index contributed by atoms with van der Waals surface area (Å²) in [6.45, 7) is 0.766. The summed E-state index contributed by atoms with van der Waals surface area (Å²) < 4.78 is 40.7. The molecule has 1 atom stereocenters. The van der Waals surface area contributed by atoms with Gasteiger partial charge in [-0.25, -0.2) is 0 Å². The summed E-state index contributed by atoms with van der Waals surface area (Å²) in [5.74, 6) is 0.329. The van der Waals surface area contributed by atoms with Gasteiger partial charge in [0.15, 0.2) is 17.1 Å². The molecule has 2 aliphatic rings. The van der Waals surface area contributed by atoms with E-state index in [0.717, 1.165) is 30.5 Å². The van der Waals surface area contributed by atoms with Crippen molar-refractivity contribution >= 4 is 5.71 Å². The van der Waals surface area contributed by atoms with E-state index in [2.05, 4.69) is 9.89 Å². The molecule has 1 aromatic rings. The van der Waals surface area contributed by atoms with E-state index in [-0.39, 0.29) is 11.4 Å². The Balaban J connectivity index is 1.77. The molecule has 0 bridgehead atoms. The molecule has 2 aliphatic heterocycles. The summed E-state index contributed by atoms with van der Waals surface area (Å²) in [6.07, 6.45) is 3.22. The molecule has 132 valence electrons. The largest absolute Gasteiger partial charge is 0.490 e. The van der Waals surface area contributed by atoms with Gasteiger partial charge in [0, 0.05) is 18.4 Å². The topological polar surface area (TPSA) is 49.3 Å². The second kappa shape index (κ2) is 7.34. The molecule has 1 spiro atoms. The van der Waals surface area contributed by atoms with Crippen molar-refractivity contribution in [3.05, 3.63) is 23.8 Å². The lowest BCUT2D eigenvalue weighted by Gasteiger charge is -2.17. The van der Waals surface area contributed by atoms with Gasteiger partial charge in [0.2, 0.25) is 0 Å². The summed E-state index contributed by atoms with van der Waals surface area (Å²) in [7, 11) is 0. The lowest BCUT2D eigenvalue weighted by atomic mass is 9.93. The van der Waals surface area contributed by atoms with Crippen LogP contribution in [0.3, 0.4) is 0 Å². The van der Waals surface area contributed by atoms with Gasteiger partial charge in [0.05, 0.1) is 25.5 Å². The van der Waals surface area contributed by atoms with Crippen LogP contribution >= 0.6 is 0 Å². The van der Waals surface area contributed by atoms with Crippen LogP contribution in [0.4, 0.5) is 8.78 Å². The molecule has 0 aliphatic carbocycles. The van der Waals surface area contributed by atoms with Crippen LogP contribution in [0.5, 0.6) is 11.5 Å². The third-order valence-corrected chi connectivity index (χ3v) is 4.15. The smallest absolute Gasteiger partial charge is 0.387 e. The molecule has 0 amide bonds. The second-order valence-corrected chi connectivity index (χ2v) is 6.03. The van der Waals surface area contributed by atoms with Crippen LogP contribution in [-0.4, -0.2) is 37.7 Å². The minimum atomic E-state index is -2.89. The highest BCUT2D eigenvalue weighted by molar-refractivity contribution is 6.02. The number of unbranched alkanes of at least 4 members (excludes halogenated alkanes) is 1. The van der Waals surface area contributed by atoms with E-state index in [0.29, 0.717) is 32.0 Å². The maximum atomic E-state index is 12.6. The summed E-state index contributed by atoms with van der Waals surface area (Å²) in [4.78, 5) is 5.57. The first-order chi connectivity index (χ1) is 11.6. The number of nitrogens with zero attached hydrogens (tertiary/aromatic N) is 1. The average molecular weight is 341 g/mol. The summed E-state index contributed by atoms with van der Waals surface area (Å²) in [5, 5.41) is 4.16. The van der Waals surface area contributed by atoms with E-state index in [4.69, 9.17) is 14.3 Å². The molecule has 1 unspecified atom stereocenters. The highest BCUT2D eigenvalue weighted by Crippen LogP contribution is 2.36. The molecule has 0 aromatic heterocycles. The van der Waals surface area contributed by atoms with E-state index in [9.17, 15) is 8.78 Å². The minimum absolute atomic E-state index is 0.0308. The molecule has 0 radical (unpaired) electrons. The summed E-state index contributed by atoms with van der Waals surface area (Å²) in [6, 6.07) is 4.87. The van der Waals surface area contributed by atoms with Gasteiger partial charge < -0.3 is 19.0 Å². The Hall–Kier alpha value is -1.89. The fourth-order valence-electron chi connectivity index (χ4n) is 2.80. The lowest BCUT2D eigenvalue weighted by Crippen LogP contribution is -2.29. The van der Waals surface area contributed by atoms with Crippen LogP contribution in [0.25, 0.3) is 0 Å². The zero-order chi connectivity index (χ0) is 17.0. The highest BCUT2D eigenvalue weighted by Gasteiger charge is 2.43. The van der Waals surface area contributed by atoms with Gasteiger partial charge in [-0.3, -0.25) is 0 Å². The Morgan fingerprint density at radius 2 is 2.21 bits per heavy atom. The van der Waals surface area contributed by atoms with Crippen molar-refractivity contribution in [3.8, 4) is 11.5 Å². The average Bonchev–Trinajstić information content (AvgIpc) is 3.19. The molecule has 0 saturated carbocycles. The number of ether oxygens (including phenoxy) is 3. The van der Waals surface area contributed by atoms with Gasteiger partial charge in [-0.05, 0) is 24.6 Å². The summed E-state index contributed by atoms with van der Waals surface area (Å²) >= 11 is 0. The van der Waals surface area contributed by atoms with Crippen molar-refractivity contribution in [2.24, 2.45) is 5.16 Å². The number of hydrogen-bond donors (Lipinski definition) is 0. The number of rotatable bonds is 7. The molecule has 24 heavy (non-hydrogen) atoms. The van der Waals surface area contributed by atoms with Gasteiger partial charge in [-0.1, -0.05) is 18.5 Å². The molecule has 1 aromatic carbocycles. The van der Waals surface area contributed by atoms with Crippen LogP contribution in [0, 0.1) is 0 Å². The fourth-order valence-corrected chi connectivity index (χ4v) is 2.80. The number of benzene rings is 1. The van der Waals surface area contributed by atoms with Gasteiger partial charge in [0.25, 0.3) is 0 Å². The fraction of sp³-hybridized carbons (Fsp3) is 0.588. The maximum Gasteiger partial charge on any atom is 0.387 e. The minimum Gasteiger partial charge on any atom is -0.490 e. The van der Waals surface area contributed by atoms with Gasteiger partial charge in [-0.2, -0.15) is 8.78 Å². The third kappa shape index (κ3) is 3.77. The van der Waals surface area contributed by atoms with E-state index in [1.807, 2.05) is 6.92 Å². The van der Waals surface area contributed by atoms with Crippen molar-refractivity contribution < 1.29 is 27.8 Å². The maximum absolute atomic E-state index is 12.6. The molecule has 0 N–H and O–H groups in total. The Labute approximate surface area is 139 Å². The summed E-state index contributed by atoms with van der Waals surface area (Å²) in [5.41, 5.74) is 1.17. The van der Waals surface area contributed by atoms with Gasteiger partial charge >= 0.3 is 6.61 Å². The van der Waals surface area contributed by atoms with Gasteiger partial charge in [-0.15, -0.1) is 0 Å². The first kappa shape index (κ1) is 17.0. The zero-order valence-corrected chi connectivity index (χ0v) is 13.6. The van der Waals surface area contributed by atoms with E-state index < -0.39 is 6.61 Å². The monoisotopic (exact) mass is 341 g/mol. The molecular formula is C17H21F2NO4. The van der Waals surface area contributed by atoms with E-state index >= 15 is 0 Å². The molecule has 7 heteroatoms. The van der Waals surface area contributed by atoms with Crippen molar-refractivity contribution in [1.29, 1.82) is 0 Å². The predicted octanol–water partition coefficient (Wildman–Crippen LogP) is 3.75. The second-order valence-electron chi connectivity index (χ2n) is 6.03. The molecule has 2 heterocycles. The van der Waals surface area contributed by atoms with Crippen LogP contribution < -0.4 is 9.47 Å². The van der Waals surface area contributed by atoms with E-state index in [1.165, 1.54) is 6.07 Å². The Bertz CT molecular complexity index is 600. The molecule has 1 fully saturated rings. The number of alkyl halides is 2. The van der Waals surface area contributed by atoms with Crippen molar-refractivity contribution in [2.75, 3.05) is 19.8 Å². The standard InChI is InChI=1S/C17H21F2NO4/c1-2-3-7-22-15-9-12(4-5-14(15)23-16(18)19)13-10-17(24-20-13)6-8-21-11-17/h4-5,9,16H,2-3,6-8,10-11H2,1H3. The Morgan fingerprint density at radius 1 is 1.33 bits per heavy atom. The quantitative estimate of drug-likeness (QED) is 0.709.